The van der Waals surface area contributed by atoms with Crippen LogP contribution in [-0.4, -0.2) is 20.6 Å². The number of aromatic amines is 1. The molecule has 1 fully saturated rings. The molecule has 1 heterocycles. The van der Waals surface area contributed by atoms with Gasteiger partial charge in [-0.25, -0.2) is 4.79 Å². The van der Waals surface area contributed by atoms with Gasteiger partial charge in [-0.15, -0.1) is 0 Å². The van der Waals surface area contributed by atoms with Crippen LogP contribution in [0.15, 0.2) is 23.0 Å². The van der Waals surface area contributed by atoms with Gasteiger partial charge in [0.05, 0.1) is 16.5 Å². The molecule has 3 rings (SSSR count). The van der Waals surface area contributed by atoms with Gasteiger partial charge >= 0.3 is 5.97 Å². The molecule has 2 aromatic rings. The number of H-pyrrole nitrogens is 1. The molecule has 0 radical (unpaired) electrons. The molecule has 1 saturated carbocycles. The van der Waals surface area contributed by atoms with Crippen molar-refractivity contribution >= 4 is 29.1 Å². The highest BCUT2D eigenvalue weighted by Gasteiger charge is 2.26. The average molecular weight is 262 g/mol. The maximum Gasteiger partial charge on any atom is 0.335 e. The minimum Gasteiger partial charge on any atom is -0.478 e. The summed E-state index contributed by atoms with van der Waals surface area (Å²) in [5.74, 6) is -1.03. The summed E-state index contributed by atoms with van der Waals surface area (Å²) in [5.41, 5.74) is 0.465. The number of fused-ring (bicyclic) bond motifs is 1. The zero-order chi connectivity index (χ0) is 12.9. The van der Waals surface area contributed by atoms with Gasteiger partial charge in [-0.05, 0) is 43.3 Å². The lowest BCUT2D eigenvalue weighted by atomic mass is 10.1. The first-order valence-corrected chi connectivity index (χ1v) is 6.00. The molecule has 1 aliphatic carbocycles. The van der Waals surface area contributed by atoms with Crippen LogP contribution >= 0.6 is 12.2 Å². The zero-order valence-electron chi connectivity index (χ0n) is 9.34. The van der Waals surface area contributed by atoms with Crippen LogP contribution in [-0.2, 0) is 0 Å². The molecule has 6 heteroatoms. The fraction of sp³-hybridized carbons (Fsp3) is 0.250. The number of carboxylic acids is 1. The van der Waals surface area contributed by atoms with Gasteiger partial charge in [0.1, 0.15) is 0 Å². The standard InChI is InChI=1S/C12H10N2O3S/c15-10-8-4-1-6(11(16)17)5-9(8)13-12(18)14(10)7-2-3-7/h1,4-5,7H,2-3H2,(H,13,18)(H,16,17). The number of hydrogen-bond acceptors (Lipinski definition) is 3. The van der Waals surface area contributed by atoms with Crippen LogP contribution in [0.4, 0.5) is 0 Å². The Morgan fingerprint density at radius 1 is 1.44 bits per heavy atom. The summed E-state index contributed by atoms with van der Waals surface area (Å²) in [7, 11) is 0. The summed E-state index contributed by atoms with van der Waals surface area (Å²) in [4.78, 5) is 26.0. The number of benzene rings is 1. The van der Waals surface area contributed by atoms with E-state index >= 15 is 0 Å². The van der Waals surface area contributed by atoms with Crippen molar-refractivity contribution < 1.29 is 9.90 Å². The Labute approximate surface area is 107 Å². The van der Waals surface area contributed by atoms with Gasteiger partial charge in [0.2, 0.25) is 0 Å². The van der Waals surface area contributed by atoms with Crippen molar-refractivity contribution in [2.45, 2.75) is 18.9 Å². The van der Waals surface area contributed by atoms with E-state index in [1.165, 1.54) is 18.2 Å². The topological polar surface area (TPSA) is 75.1 Å². The van der Waals surface area contributed by atoms with E-state index in [9.17, 15) is 9.59 Å². The minimum atomic E-state index is -1.03. The largest absolute Gasteiger partial charge is 0.478 e. The average Bonchev–Trinajstić information content (AvgIpc) is 3.12. The Hall–Kier alpha value is -1.95. The van der Waals surface area contributed by atoms with E-state index in [1.54, 1.807) is 4.57 Å². The van der Waals surface area contributed by atoms with Gasteiger partial charge in [-0.3, -0.25) is 9.36 Å². The third-order valence-corrected chi connectivity index (χ3v) is 3.39. The van der Waals surface area contributed by atoms with Crippen LogP contribution in [0.1, 0.15) is 29.2 Å². The first-order chi connectivity index (χ1) is 8.58. The van der Waals surface area contributed by atoms with Crippen LogP contribution in [0, 0.1) is 4.77 Å². The molecule has 1 aliphatic rings. The zero-order valence-corrected chi connectivity index (χ0v) is 10.2. The van der Waals surface area contributed by atoms with Gasteiger partial charge < -0.3 is 10.1 Å². The first-order valence-electron chi connectivity index (χ1n) is 5.60. The number of carboxylic acid groups (broad SMARTS) is 1. The minimum absolute atomic E-state index is 0.136. The molecule has 5 nitrogen and oxygen atoms in total. The van der Waals surface area contributed by atoms with E-state index in [-0.39, 0.29) is 17.2 Å². The molecule has 0 bridgehead atoms. The number of nitrogens with zero attached hydrogens (tertiary/aromatic N) is 1. The molecule has 1 aromatic carbocycles. The number of aromatic nitrogens is 2. The number of nitrogens with one attached hydrogen (secondary N) is 1. The Morgan fingerprint density at radius 3 is 2.78 bits per heavy atom. The summed E-state index contributed by atoms with van der Waals surface area (Å²) >= 11 is 5.15. The lowest BCUT2D eigenvalue weighted by Crippen LogP contribution is -2.21. The van der Waals surface area contributed by atoms with Crippen molar-refractivity contribution in [1.29, 1.82) is 0 Å². The van der Waals surface area contributed by atoms with Crippen LogP contribution in [0.5, 0.6) is 0 Å². The van der Waals surface area contributed by atoms with Crippen LogP contribution < -0.4 is 5.56 Å². The van der Waals surface area contributed by atoms with E-state index in [4.69, 9.17) is 17.3 Å². The highest BCUT2D eigenvalue weighted by molar-refractivity contribution is 7.71. The van der Waals surface area contributed by atoms with E-state index in [1.807, 2.05) is 0 Å². The number of hydrogen-bond donors (Lipinski definition) is 2. The molecule has 0 amide bonds. The van der Waals surface area contributed by atoms with E-state index in [0.717, 1.165) is 12.8 Å². The maximum absolute atomic E-state index is 12.2. The summed E-state index contributed by atoms with van der Waals surface area (Å²) in [6, 6.07) is 4.60. The van der Waals surface area contributed by atoms with Gasteiger partial charge in [0, 0.05) is 6.04 Å². The van der Waals surface area contributed by atoms with Crippen LogP contribution in [0.3, 0.4) is 0 Å². The number of rotatable bonds is 2. The predicted molar refractivity (Wildman–Crippen MR) is 68.6 cm³/mol. The Morgan fingerprint density at radius 2 is 2.17 bits per heavy atom. The van der Waals surface area contributed by atoms with Crippen molar-refractivity contribution in [3.8, 4) is 0 Å². The molecule has 0 atom stereocenters. The highest BCUT2D eigenvalue weighted by atomic mass is 32.1. The van der Waals surface area contributed by atoms with Gasteiger partial charge in [0.25, 0.3) is 5.56 Å². The fourth-order valence-electron chi connectivity index (χ4n) is 2.03. The van der Waals surface area contributed by atoms with Crippen molar-refractivity contribution in [2.75, 3.05) is 0 Å². The van der Waals surface area contributed by atoms with Crippen LogP contribution in [0.25, 0.3) is 10.9 Å². The SMILES string of the molecule is O=C(O)c1ccc2c(=O)n(C3CC3)c(=S)[nH]c2c1. The quantitative estimate of drug-likeness (QED) is 0.813. The van der Waals surface area contributed by atoms with Gasteiger partial charge in [0.15, 0.2) is 4.77 Å². The summed E-state index contributed by atoms with van der Waals surface area (Å²) in [6.07, 6.45) is 1.94. The normalized spacial score (nSPS) is 14.9. The van der Waals surface area contributed by atoms with E-state index in [2.05, 4.69) is 4.98 Å². The Balaban J connectivity index is 2.34. The third kappa shape index (κ3) is 1.65. The van der Waals surface area contributed by atoms with Crippen molar-refractivity contribution in [3.05, 3.63) is 38.9 Å². The predicted octanol–water partition coefficient (Wildman–Crippen LogP) is 2.09. The Kier molecular flexibility index (Phi) is 2.34. The van der Waals surface area contributed by atoms with E-state index in [0.29, 0.717) is 15.7 Å². The second-order valence-corrected chi connectivity index (χ2v) is 4.79. The number of aromatic carboxylic acids is 1. The highest BCUT2D eigenvalue weighted by Crippen LogP contribution is 2.33. The Bertz CT molecular complexity index is 771. The van der Waals surface area contributed by atoms with Gasteiger partial charge in [-0.2, -0.15) is 0 Å². The molecular formula is C12H10N2O3S. The van der Waals surface area contributed by atoms with Crippen molar-refractivity contribution in [2.24, 2.45) is 0 Å². The molecule has 0 aliphatic heterocycles. The van der Waals surface area contributed by atoms with Crippen molar-refractivity contribution in [1.82, 2.24) is 9.55 Å². The fourth-order valence-corrected chi connectivity index (χ4v) is 2.37. The maximum atomic E-state index is 12.2. The second-order valence-electron chi connectivity index (χ2n) is 4.40. The molecule has 2 N–H and O–H groups in total. The first kappa shape index (κ1) is 11.2. The molecule has 0 saturated heterocycles. The summed E-state index contributed by atoms with van der Waals surface area (Å²) < 4.78 is 1.94. The summed E-state index contributed by atoms with van der Waals surface area (Å²) in [5, 5.41) is 9.39. The molecule has 92 valence electrons. The smallest absolute Gasteiger partial charge is 0.335 e. The third-order valence-electron chi connectivity index (χ3n) is 3.09. The second kappa shape index (κ2) is 3.78. The summed E-state index contributed by atoms with van der Waals surface area (Å²) in [6.45, 7) is 0. The lowest BCUT2D eigenvalue weighted by Gasteiger charge is -2.06. The molecular weight excluding hydrogens is 252 g/mol. The van der Waals surface area contributed by atoms with Crippen molar-refractivity contribution in [3.63, 3.8) is 0 Å². The van der Waals surface area contributed by atoms with Gasteiger partial charge in [-0.1, -0.05) is 0 Å². The molecule has 0 unspecified atom stereocenters. The molecule has 18 heavy (non-hydrogen) atoms. The lowest BCUT2D eigenvalue weighted by molar-refractivity contribution is 0.0697. The number of carbonyl (C=O) groups is 1. The monoisotopic (exact) mass is 262 g/mol. The molecule has 1 aromatic heterocycles. The molecule has 0 spiro atoms. The van der Waals surface area contributed by atoms with E-state index < -0.39 is 5.97 Å². The van der Waals surface area contributed by atoms with Crippen LogP contribution in [0.2, 0.25) is 0 Å².